The van der Waals surface area contributed by atoms with E-state index in [9.17, 15) is 0 Å². The molecule has 0 aromatic heterocycles. The summed E-state index contributed by atoms with van der Waals surface area (Å²) in [7, 11) is 0. The summed E-state index contributed by atoms with van der Waals surface area (Å²) < 4.78 is 6.29. The molecule has 0 amide bonds. The molecule has 1 heterocycles. The van der Waals surface area contributed by atoms with Crippen LogP contribution in [-0.2, 0) is 6.54 Å². The first-order valence-electron chi connectivity index (χ1n) is 11.6. The van der Waals surface area contributed by atoms with Gasteiger partial charge in [-0.1, -0.05) is 62.9 Å². The number of unbranched alkanes of at least 4 members (excludes halogenated alkanes) is 4. The van der Waals surface area contributed by atoms with Crippen molar-refractivity contribution < 1.29 is 4.74 Å². The van der Waals surface area contributed by atoms with Gasteiger partial charge in [0.1, 0.15) is 5.75 Å². The third-order valence-electron chi connectivity index (χ3n) is 6.03. The summed E-state index contributed by atoms with van der Waals surface area (Å²) >= 11 is 0. The van der Waals surface area contributed by atoms with Gasteiger partial charge in [-0.2, -0.15) is 0 Å². The summed E-state index contributed by atoms with van der Waals surface area (Å²) in [6.45, 7) is 10.5. The van der Waals surface area contributed by atoms with Gasteiger partial charge in [-0.05, 0) is 42.8 Å². The lowest BCUT2D eigenvalue weighted by atomic mass is 10.0. The van der Waals surface area contributed by atoms with Crippen LogP contribution in [-0.4, -0.2) is 55.7 Å². The second-order valence-electron chi connectivity index (χ2n) is 8.29. The molecule has 0 spiro atoms. The summed E-state index contributed by atoms with van der Waals surface area (Å²) in [5.41, 5.74) is 7.02. The number of nitrogens with two attached hydrogens (primary N) is 1. The van der Waals surface area contributed by atoms with Gasteiger partial charge in [-0.25, -0.2) is 0 Å². The average Bonchev–Trinajstić information content (AvgIpc) is 2.76. The van der Waals surface area contributed by atoms with Crippen LogP contribution in [0.15, 0.2) is 36.4 Å². The summed E-state index contributed by atoms with van der Waals surface area (Å²) in [4.78, 5) is 5.12. The van der Waals surface area contributed by atoms with Gasteiger partial charge in [-0.3, -0.25) is 4.90 Å². The molecule has 29 heavy (non-hydrogen) atoms. The Kier molecular flexibility index (Phi) is 9.26. The van der Waals surface area contributed by atoms with Crippen molar-refractivity contribution in [3.8, 4) is 5.75 Å². The van der Waals surface area contributed by atoms with Crippen molar-refractivity contribution in [1.29, 1.82) is 0 Å². The summed E-state index contributed by atoms with van der Waals surface area (Å²) in [6, 6.07) is 13.1. The second kappa shape index (κ2) is 12.2. The number of rotatable bonds is 12. The standard InChI is InChI=1S/C25H39N3O/c1-2-3-4-5-8-20-29-25-13-12-22-10-6-7-11-23(22)24(25)21-28-18-16-27(17-19-28)15-9-14-26/h6-7,10-13H,2-5,8-9,14-21,26H2,1H3. The number of nitrogens with zero attached hydrogens (tertiary/aromatic N) is 2. The molecule has 0 unspecified atom stereocenters. The first-order chi connectivity index (χ1) is 14.3. The van der Waals surface area contributed by atoms with E-state index in [1.807, 2.05) is 0 Å². The smallest absolute Gasteiger partial charge is 0.124 e. The number of ether oxygens (including phenoxy) is 1. The van der Waals surface area contributed by atoms with Crippen LogP contribution in [0.4, 0.5) is 0 Å². The Morgan fingerprint density at radius 1 is 0.862 bits per heavy atom. The Balaban J connectivity index is 1.63. The summed E-state index contributed by atoms with van der Waals surface area (Å²) in [6.07, 6.45) is 7.44. The molecule has 2 aromatic carbocycles. The predicted molar refractivity (Wildman–Crippen MR) is 124 cm³/mol. The molecule has 1 aliphatic rings. The van der Waals surface area contributed by atoms with E-state index in [0.717, 1.165) is 71.0 Å². The highest BCUT2D eigenvalue weighted by molar-refractivity contribution is 5.87. The third-order valence-corrected chi connectivity index (χ3v) is 6.03. The van der Waals surface area contributed by atoms with Crippen LogP contribution in [0.2, 0.25) is 0 Å². The molecule has 4 heteroatoms. The monoisotopic (exact) mass is 397 g/mol. The number of hydrogen-bond acceptors (Lipinski definition) is 4. The molecule has 0 bridgehead atoms. The summed E-state index contributed by atoms with van der Waals surface area (Å²) in [5.74, 6) is 1.07. The predicted octanol–water partition coefficient (Wildman–Crippen LogP) is 4.66. The van der Waals surface area contributed by atoms with Gasteiger partial charge >= 0.3 is 0 Å². The highest BCUT2D eigenvalue weighted by Gasteiger charge is 2.19. The normalized spacial score (nSPS) is 15.8. The Hall–Kier alpha value is -1.62. The van der Waals surface area contributed by atoms with E-state index in [4.69, 9.17) is 10.5 Å². The minimum atomic E-state index is 0.787. The molecule has 4 nitrogen and oxygen atoms in total. The highest BCUT2D eigenvalue weighted by atomic mass is 16.5. The molecular formula is C25H39N3O. The van der Waals surface area contributed by atoms with Gasteiger partial charge in [0.05, 0.1) is 6.61 Å². The molecule has 0 atom stereocenters. The quantitative estimate of drug-likeness (QED) is 0.529. The Bertz CT molecular complexity index is 725. The van der Waals surface area contributed by atoms with E-state index in [2.05, 4.69) is 53.1 Å². The van der Waals surface area contributed by atoms with Crippen molar-refractivity contribution in [3.63, 3.8) is 0 Å². The van der Waals surface area contributed by atoms with E-state index in [1.165, 1.54) is 42.0 Å². The zero-order chi connectivity index (χ0) is 20.3. The van der Waals surface area contributed by atoms with E-state index in [1.54, 1.807) is 0 Å². The first-order valence-corrected chi connectivity index (χ1v) is 11.6. The van der Waals surface area contributed by atoms with Crippen molar-refractivity contribution in [3.05, 3.63) is 42.0 Å². The maximum absolute atomic E-state index is 6.29. The van der Waals surface area contributed by atoms with Gasteiger partial charge in [-0.15, -0.1) is 0 Å². The molecule has 160 valence electrons. The lowest BCUT2D eigenvalue weighted by molar-refractivity contribution is 0.126. The van der Waals surface area contributed by atoms with Crippen LogP contribution < -0.4 is 10.5 Å². The van der Waals surface area contributed by atoms with Crippen molar-refractivity contribution in [1.82, 2.24) is 9.80 Å². The Morgan fingerprint density at radius 3 is 2.41 bits per heavy atom. The number of benzene rings is 2. The fraction of sp³-hybridized carbons (Fsp3) is 0.600. The Labute approximate surface area is 177 Å². The number of fused-ring (bicyclic) bond motifs is 1. The maximum Gasteiger partial charge on any atom is 0.124 e. The van der Waals surface area contributed by atoms with E-state index in [0.29, 0.717) is 0 Å². The fourth-order valence-electron chi connectivity index (χ4n) is 4.21. The topological polar surface area (TPSA) is 41.7 Å². The lowest BCUT2D eigenvalue weighted by Crippen LogP contribution is -2.46. The van der Waals surface area contributed by atoms with Gasteiger partial charge in [0.25, 0.3) is 0 Å². The number of piperazine rings is 1. The van der Waals surface area contributed by atoms with Crippen LogP contribution in [0.1, 0.15) is 51.0 Å². The lowest BCUT2D eigenvalue weighted by Gasteiger charge is -2.35. The second-order valence-corrected chi connectivity index (χ2v) is 8.29. The molecule has 0 saturated carbocycles. The average molecular weight is 398 g/mol. The van der Waals surface area contributed by atoms with Gasteiger partial charge in [0.2, 0.25) is 0 Å². The van der Waals surface area contributed by atoms with E-state index in [-0.39, 0.29) is 0 Å². The highest BCUT2D eigenvalue weighted by Crippen LogP contribution is 2.30. The Morgan fingerprint density at radius 2 is 1.62 bits per heavy atom. The molecule has 1 saturated heterocycles. The first kappa shape index (κ1) is 22.1. The fourth-order valence-corrected chi connectivity index (χ4v) is 4.21. The minimum absolute atomic E-state index is 0.787. The minimum Gasteiger partial charge on any atom is -0.493 e. The van der Waals surface area contributed by atoms with Gasteiger partial charge < -0.3 is 15.4 Å². The third kappa shape index (κ3) is 6.70. The summed E-state index contributed by atoms with van der Waals surface area (Å²) in [5, 5.41) is 2.64. The molecule has 1 aliphatic heterocycles. The molecule has 0 radical (unpaired) electrons. The van der Waals surface area contributed by atoms with Crippen molar-refractivity contribution in [2.75, 3.05) is 45.9 Å². The van der Waals surface area contributed by atoms with E-state index >= 15 is 0 Å². The molecule has 2 N–H and O–H groups in total. The molecule has 2 aromatic rings. The van der Waals surface area contributed by atoms with Crippen molar-refractivity contribution in [2.45, 2.75) is 52.0 Å². The molecule has 1 fully saturated rings. The molecule has 3 rings (SSSR count). The van der Waals surface area contributed by atoms with Crippen LogP contribution in [0, 0.1) is 0 Å². The van der Waals surface area contributed by atoms with Crippen molar-refractivity contribution >= 4 is 10.8 Å². The molecule has 0 aliphatic carbocycles. The van der Waals surface area contributed by atoms with Crippen LogP contribution >= 0.6 is 0 Å². The van der Waals surface area contributed by atoms with E-state index < -0.39 is 0 Å². The van der Waals surface area contributed by atoms with Gasteiger partial charge in [0.15, 0.2) is 0 Å². The van der Waals surface area contributed by atoms with Crippen molar-refractivity contribution in [2.24, 2.45) is 5.73 Å². The van der Waals surface area contributed by atoms with Gasteiger partial charge in [0, 0.05) is 38.3 Å². The zero-order valence-corrected chi connectivity index (χ0v) is 18.2. The zero-order valence-electron chi connectivity index (χ0n) is 18.2. The van der Waals surface area contributed by atoms with Crippen LogP contribution in [0.5, 0.6) is 5.75 Å². The van der Waals surface area contributed by atoms with Crippen LogP contribution in [0.3, 0.4) is 0 Å². The maximum atomic E-state index is 6.29. The number of hydrogen-bond donors (Lipinski definition) is 1. The molecular weight excluding hydrogens is 358 g/mol. The van der Waals surface area contributed by atoms with Crippen LogP contribution in [0.25, 0.3) is 10.8 Å². The largest absolute Gasteiger partial charge is 0.493 e. The SMILES string of the molecule is CCCCCCCOc1ccc2ccccc2c1CN1CCN(CCCN)CC1.